The third kappa shape index (κ3) is 2.02. The Hall–Kier alpha value is -1.72. The maximum absolute atomic E-state index is 12.1. The molecule has 0 saturated carbocycles. The van der Waals surface area contributed by atoms with E-state index in [9.17, 15) is 18.0 Å². The Bertz CT molecular complexity index is 554. The van der Waals surface area contributed by atoms with E-state index in [1.54, 1.807) is 13.8 Å². The Morgan fingerprint density at radius 1 is 1.44 bits per heavy atom. The molecule has 0 aromatic heterocycles. The second-order valence-corrected chi connectivity index (χ2v) is 6.07. The van der Waals surface area contributed by atoms with Crippen LogP contribution in [0.25, 0.3) is 0 Å². The minimum Gasteiger partial charge on any atom is -0.481 e. The number of nitrogens with zero attached hydrogens (tertiary/aromatic N) is 1. The minimum atomic E-state index is -4.31. The third-order valence-electron chi connectivity index (χ3n) is 3.03. The lowest BCUT2D eigenvalue weighted by Gasteiger charge is -2.36. The number of carboxylic acid groups (broad SMARTS) is 1. The number of carbonyl (C=O) groups excluding carboxylic acids is 1. The molecular formula is C11H13NO5S. The SMILES string of the molecule is CC(C)C1(S(=O)(=O)N=C=O)C=CC=CC1C(=O)O. The van der Waals surface area contributed by atoms with Gasteiger partial charge in [0.2, 0.25) is 0 Å². The summed E-state index contributed by atoms with van der Waals surface area (Å²) in [6.07, 6.45) is 6.43. The molecule has 0 saturated heterocycles. The Kier molecular flexibility index (Phi) is 3.88. The Balaban J connectivity index is 3.58. The molecule has 1 aliphatic carbocycles. The first-order valence-corrected chi connectivity index (χ1v) is 6.66. The monoisotopic (exact) mass is 271 g/mol. The maximum Gasteiger partial charge on any atom is 0.312 e. The van der Waals surface area contributed by atoms with Crippen LogP contribution in [-0.4, -0.2) is 30.3 Å². The zero-order valence-corrected chi connectivity index (χ0v) is 10.7. The molecular weight excluding hydrogens is 258 g/mol. The number of carbonyl (C=O) groups is 1. The van der Waals surface area contributed by atoms with Crippen LogP contribution in [0.2, 0.25) is 0 Å². The topological polar surface area (TPSA) is 101 Å². The van der Waals surface area contributed by atoms with Crippen LogP contribution in [0.3, 0.4) is 0 Å². The van der Waals surface area contributed by atoms with Crippen LogP contribution < -0.4 is 0 Å². The molecule has 98 valence electrons. The van der Waals surface area contributed by atoms with Crippen LogP contribution in [0.1, 0.15) is 13.8 Å². The summed E-state index contributed by atoms with van der Waals surface area (Å²) in [7, 11) is -4.31. The molecule has 0 bridgehead atoms. The first kappa shape index (κ1) is 14.3. The fourth-order valence-corrected chi connectivity index (χ4v) is 3.74. The average Bonchev–Trinajstić information content (AvgIpc) is 2.28. The van der Waals surface area contributed by atoms with E-state index in [4.69, 9.17) is 5.11 Å². The van der Waals surface area contributed by atoms with Gasteiger partial charge in [-0.15, -0.1) is 0 Å². The van der Waals surface area contributed by atoms with Crippen LogP contribution in [0.15, 0.2) is 28.7 Å². The zero-order chi connectivity index (χ0) is 14.0. The molecule has 0 aromatic carbocycles. The summed E-state index contributed by atoms with van der Waals surface area (Å²) in [6, 6.07) is 0. The van der Waals surface area contributed by atoms with E-state index in [0.29, 0.717) is 0 Å². The van der Waals surface area contributed by atoms with Crippen molar-refractivity contribution in [3.63, 3.8) is 0 Å². The fourth-order valence-electron chi connectivity index (χ4n) is 2.13. The largest absolute Gasteiger partial charge is 0.481 e. The van der Waals surface area contributed by atoms with Crippen molar-refractivity contribution >= 4 is 22.1 Å². The van der Waals surface area contributed by atoms with E-state index < -0.39 is 32.6 Å². The minimum absolute atomic E-state index is 0.568. The lowest BCUT2D eigenvalue weighted by molar-refractivity contribution is -0.141. The van der Waals surface area contributed by atoms with Crippen molar-refractivity contribution in [1.82, 2.24) is 0 Å². The molecule has 0 aliphatic heterocycles. The molecule has 1 aliphatic rings. The highest BCUT2D eigenvalue weighted by Gasteiger charge is 2.54. The summed E-state index contributed by atoms with van der Waals surface area (Å²) in [5.41, 5.74) is 0. The van der Waals surface area contributed by atoms with E-state index in [0.717, 1.165) is 6.08 Å². The van der Waals surface area contributed by atoms with Gasteiger partial charge in [0, 0.05) is 0 Å². The fraction of sp³-hybridized carbons (Fsp3) is 0.455. The Morgan fingerprint density at radius 3 is 2.50 bits per heavy atom. The molecule has 1 N–H and O–H groups in total. The Morgan fingerprint density at radius 2 is 2.06 bits per heavy atom. The van der Waals surface area contributed by atoms with E-state index >= 15 is 0 Å². The average molecular weight is 271 g/mol. The second-order valence-electron chi connectivity index (χ2n) is 4.23. The van der Waals surface area contributed by atoms with Crippen LogP contribution in [0, 0.1) is 11.8 Å². The second kappa shape index (κ2) is 4.88. The van der Waals surface area contributed by atoms with Gasteiger partial charge in [0.05, 0.1) is 0 Å². The van der Waals surface area contributed by atoms with Gasteiger partial charge in [0.15, 0.2) is 0 Å². The predicted octanol–water partition coefficient (Wildman–Crippen LogP) is 0.874. The molecule has 0 radical (unpaired) electrons. The van der Waals surface area contributed by atoms with Gasteiger partial charge in [-0.3, -0.25) is 4.79 Å². The van der Waals surface area contributed by atoms with Crippen molar-refractivity contribution in [3.8, 4) is 0 Å². The summed E-state index contributed by atoms with van der Waals surface area (Å²) in [5.74, 6) is -3.14. The molecule has 0 amide bonds. The first-order valence-electron chi connectivity index (χ1n) is 5.22. The van der Waals surface area contributed by atoms with Crippen molar-refractivity contribution in [2.24, 2.45) is 16.2 Å². The lowest BCUT2D eigenvalue weighted by Crippen LogP contribution is -2.50. The molecule has 0 fully saturated rings. The number of hydrogen-bond donors (Lipinski definition) is 1. The summed E-state index contributed by atoms with van der Waals surface area (Å²) < 4.78 is 25.2. The molecule has 0 spiro atoms. The number of allylic oxidation sites excluding steroid dienone is 2. The smallest absolute Gasteiger partial charge is 0.312 e. The van der Waals surface area contributed by atoms with E-state index in [1.165, 1.54) is 24.3 Å². The van der Waals surface area contributed by atoms with Gasteiger partial charge in [-0.05, 0) is 5.92 Å². The number of sulfonamides is 1. The van der Waals surface area contributed by atoms with Gasteiger partial charge in [-0.2, -0.15) is 0 Å². The van der Waals surface area contributed by atoms with Gasteiger partial charge < -0.3 is 5.11 Å². The Labute approximate surface area is 105 Å². The lowest BCUT2D eigenvalue weighted by atomic mass is 9.79. The standard InChI is InChI=1S/C11H13NO5S/c1-8(2)11(18(16,17)12-7-13)6-4-3-5-9(11)10(14)15/h3-6,8-9H,1-2H3,(H,14,15). The van der Waals surface area contributed by atoms with Gasteiger partial charge in [0.1, 0.15) is 10.7 Å². The normalized spacial score (nSPS) is 26.9. The van der Waals surface area contributed by atoms with Crippen molar-refractivity contribution in [2.75, 3.05) is 0 Å². The predicted molar refractivity (Wildman–Crippen MR) is 64.0 cm³/mol. The quantitative estimate of drug-likeness (QED) is 0.604. The van der Waals surface area contributed by atoms with Crippen molar-refractivity contribution in [2.45, 2.75) is 18.6 Å². The summed E-state index contributed by atoms with van der Waals surface area (Å²) in [5, 5.41) is 9.16. The molecule has 6 nitrogen and oxygen atoms in total. The third-order valence-corrected chi connectivity index (χ3v) is 5.10. The maximum atomic E-state index is 12.1. The van der Waals surface area contributed by atoms with Crippen LogP contribution >= 0.6 is 0 Å². The summed E-state index contributed by atoms with van der Waals surface area (Å²) in [6.45, 7) is 3.13. The number of hydrogen-bond acceptors (Lipinski definition) is 4. The summed E-state index contributed by atoms with van der Waals surface area (Å²) in [4.78, 5) is 21.5. The number of aliphatic carboxylic acids is 1. The zero-order valence-electron chi connectivity index (χ0n) is 9.90. The van der Waals surface area contributed by atoms with Crippen LogP contribution in [0.4, 0.5) is 0 Å². The number of isocyanates is 1. The number of rotatable bonds is 4. The highest BCUT2D eigenvalue weighted by Crippen LogP contribution is 2.40. The van der Waals surface area contributed by atoms with Gasteiger partial charge in [0.25, 0.3) is 16.1 Å². The highest BCUT2D eigenvalue weighted by molar-refractivity contribution is 7.91. The van der Waals surface area contributed by atoms with Gasteiger partial charge in [-0.1, -0.05) is 42.5 Å². The molecule has 7 heteroatoms. The van der Waals surface area contributed by atoms with Gasteiger partial charge >= 0.3 is 5.97 Å². The molecule has 18 heavy (non-hydrogen) atoms. The van der Waals surface area contributed by atoms with Gasteiger partial charge in [-0.25, -0.2) is 13.2 Å². The van der Waals surface area contributed by atoms with Crippen molar-refractivity contribution < 1.29 is 23.1 Å². The molecule has 2 unspecified atom stereocenters. The van der Waals surface area contributed by atoms with Crippen molar-refractivity contribution in [3.05, 3.63) is 24.3 Å². The molecule has 0 heterocycles. The van der Waals surface area contributed by atoms with E-state index in [2.05, 4.69) is 4.40 Å². The molecule has 1 rings (SSSR count). The molecule has 2 atom stereocenters. The van der Waals surface area contributed by atoms with Crippen LogP contribution in [0.5, 0.6) is 0 Å². The van der Waals surface area contributed by atoms with E-state index in [-0.39, 0.29) is 0 Å². The highest BCUT2D eigenvalue weighted by atomic mass is 32.2. The first-order chi connectivity index (χ1) is 8.29. The molecule has 0 aromatic rings. The van der Waals surface area contributed by atoms with Crippen molar-refractivity contribution in [1.29, 1.82) is 0 Å². The van der Waals surface area contributed by atoms with Crippen LogP contribution in [-0.2, 0) is 19.6 Å². The summed E-state index contributed by atoms with van der Waals surface area (Å²) >= 11 is 0. The van der Waals surface area contributed by atoms with E-state index in [1.807, 2.05) is 0 Å². The number of carboxylic acids is 1.